The van der Waals surface area contributed by atoms with Crippen LogP contribution in [-0.4, -0.2) is 38.8 Å². The van der Waals surface area contributed by atoms with E-state index >= 15 is 0 Å². The topological polar surface area (TPSA) is 63.2 Å². The molecule has 0 aromatic heterocycles. The van der Waals surface area contributed by atoms with Crippen molar-refractivity contribution in [2.45, 2.75) is 44.6 Å². The van der Waals surface area contributed by atoms with Crippen molar-refractivity contribution in [2.75, 3.05) is 18.6 Å². The zero-order valence-corrected chi connectivity index (χ0v) is 10.7. The minimum Gasteiger partial charge on any atom is -0.307 e. The van der Waals surface area contributed by atoms with Crippen molar-refractivity contribution in [1.29, 1.82) is 0 Å². The molecule has 0 aliphatic carbocycles. The summed E-state index contributed by atoms with van der Waals surface area (Å²) in [6.07, 6.45) is 6.35. The Labute approximate surface area is 97.7 Å². The van der Waals surface area contributed by atoms with Gasteiger partial charge in [-0.1, -0.05) is 12.8 Å². The van der Waals surface area contributed by atoms with E-state index in [4.69, 9.17) is 0 Å². The lowest BCUT2D eigenvalue weighted by Crippen LogP contribution is -2.36. The summed E-state index contributed by atoms with van der Waals surface area (Å²) >= 11 is 0. The van der Waals surface area contributed by atoms with Gasteiger partial charge in [-0.25, -0.2) is 8.42 Å². The van der Waals surface area contributed by atoms with E-state index < -0.39 is 9.84 Å². The molecule has 1 saturated heterocycles. The summed E-state index contributed by atoms with van der Waals surface area (Å²) in [7, 11) is -2.93. The van der Waals surface area contributed by atoms with Crippen molar-refractivity contribution < 1.29 is 13.2 Å². The lowest BCUT2D eigenvalue weighted by atomic mass is 10.0. The van der Waals surface area contributed by atoms with Crippen LogP contribution in [0.3, 0.4) is 0 Å². The van der Waals surface area contributed by atoms with Crippen LogP contribution >= 0.6 is 0 Å². The Bertz CT molecular complexity index is 316. The highest BCUT2D eigenvalue weighted by Crippen LogP contribution is 2.11. The number of rotatable bonds is 5. The monoisotopic (exact) mass is 247 g/mol. The van der Waals surface area contributed by atoms with Gasteiger partial charge in [0.2, 0.25) is 0 Å². The molecule has 1 rings (SSSR count). The van der Waals surface area contributed by atoms with Gasteiger partial charge in [-0.2, -0.15) is 0 Å². The molecule has 0 bridgehead atoms. The highest BCUT2D eigenvalue weighted by molar-refractivity contribution is 7.90. The van der Waals surface area contributed by atoms with Crippen LogP contribution in [0.25, 0.3) is 0 Å². The Kier molecular flexibility index (Phi) is 5.41. The fourth-order valence-electron chi connectivity index (χ4n) is 1.99. The van der Waals surface area contributed by atoms with E-state index in [1.54, 1.807) is 0 Å². The molecule has 0 amide bonds. The van der Waals surface area contributed by atoms with E-state index in [0.29, 0.717) is 12.8 Å². The predicted molar refractivity (Wildman–Crippen MR) is 64.2 cm³/mol. The van der Waals surface area contributed by atoms with Gasteiger partial charge in [-0.15, -0.1) is 0 Å². The van der Waals surface area contributed by atoms with E-state index in [0.717, 1.165) is 25.8 Å². The summed E-state index contributed by atoms with van der Waals surface area (Å²) in [4.78, 5) is 11.8. The Morgan fingerprint density at radius 1 is 1.31 bits per heavy atom. The van der Waals surface area contributed by atoms with Crippen LogP contribution in [0, 0.1) is 0 Å². The van der Waals surface area contributed by atoms with Gasteiger partial charge in [0, 0.05) is 12.7 Å². The molecule has 1 unspecified atom stereocenters. The van der Waals surface area contributed by atoms with Gasteiger partial charge >= 0.3 is 0 Å². The second kappa shape index (κ2) is 6.35. The minimum atomic E-state index is -2.93. The van der Waals surface area contributed by atoms with E-state index in [-0.39, 0.29) is 17.6 Å². The Morgan fingerprint density at radius 3 is 2.75 bits per heavy atom. The average molecular weight is 247 g/mol. The molecule has 1 atom stereocenters. The molecule has 94 valence electrons. The van der Waals surface area contributed by atoms with Crippen molar-refractivity contribution in [2.24, 2.45) is 0 Å². The molecule has 1 aliphatic heterocycles. The molecular weight excluding hydrogens is 226 g/mol. The highest BCUT2D eigenvalue weighted by Gasteiger charge is 2.19. The maximum absolute atomic E-state index is 11.8. The van der Waals surface area contributed by atoms with Gasteiger partial charge in [-0.05, 0) is 25.8 Å². The van der Waals surface area contributed by atoms with E-state index in [9.17, 15) is 13.2 Å². The van der Waals surface area contributed by atoms with Crippen molar-refractivity contribution in [3.05, 3.63) is 0 Å². The summed E-state index contributed by atoms with van der Waals surface area (Å²) in [6.45, 7) is 0.905. The molecule has 4 nitrogen and oxygen atoms in total. The molecule has 0 radical (unpaired) electrons. The van der Waals surface area contributed by atoms with E-state index in [1.807, 2.05) is 0 Å². The molecule has 1 heterocycles. The number of hydrogen-bond acceptors (Lipinski definition) is 4. The largest absolute Gasteiger partial charge is 0.307 e. The molecule has 1 N–H and O–H groups in total. The molecular formula is C11H21NO3S. The predicted octanol–water partition coefficient (Wildman–Crippen LogP) is 0.912. The summed E-state index contributed by atoms with van der Waals surface area (Å²) in [6, 6.07) is -0.0398. The normalized spacial score (nSPS) is 22.7. The third kappa shape index (κ3) is 5.61. The van der Waals surface area contributed by atoms with E-state index in [1.165, 1.54) is 12.7 Å². The number of hydrogen-bond donors (Lipinski definition) is 1. The second-order valence-electron chi connectivity index (χ2n) is 4.56. The summed E-state index contributed by atoms with van der Waals surface area (Å²) < 4.78 is 21.8. The number of nitrogens with one attached hydrogen (secondary N) is 1. The molecule has 0 aromatic carbocycles. The first-order chi connectivity index (χ1) is 7.49. The molecule has 1 aliphatic rings. The van der Waals surface area contributed by atoms with Crippen LogP contribution < -0.4 is 5.32 Å². The Morgan fingerprint density at radius 2 is 2.06 bits per heavy atom. The Hall–Kier alpha value is -0.420. The SMILES string of the molecule is CS(=O)(=O)CCCC(=O)C1CCCCCN1. The van der Waals surface area contributed by atoms with Crippen molar-refractivity contribution in [3.63, 3.8) is 0 Å². The third-order valence-electron chi connectivity index (χ3n) is 2.89. The van der Waals surface area contributed by atoms with Gasteiger partial charge in [-0.3, -0.25) is 4.79 Å². The second-order valence-corrected chi connectivity index (χ2v) is 6.82. The van der Waals surface area contributed by atoms with Gasteiger partial charge < -0.3 is 5.32 Å². The molecule has 1 fully saturated rings. The fourth-order valence-corrected chi connectivity index (χ4v) is 2.65. The smallest absolute Gasteiger partial charge is 0.149 e. The summed E-state index contributed by atoms with van der Waals surface area (Å²) in [5, 5.41) is 3.23. The molecule has 0 saturated carbocycles. The van der Waals surface area contributed by atoms with Gasteiger partial charge in [0.05, 0.1) is 11.8 Å². The maximum atomic E-state index is 11.8. The first-order valence-corrected chi connectivity index (χ1v) is 7.99. The number of ketones is 1. The summed E-state index contributed by atoms with van der Waals surface area (Å²) in [5.41, 5.74) is 0. The van der Waals surface area contributed by atoms with Crippen LogP contribution in [0.5, 0.6) is 0 Å². The van der Waals surface area contributed by atoms with Crippen molar-refractivity contribution in [1.82, 2.24) is 5.32 Å². The van der Waals surface area contributed by atoms with Crippen LogP contribution in [-0.2, 0) is 14.6 Å². The fraction of sp³-hybridized carbons (Fsp3) is 0.909. The number of carbonyl (C=O) groups is 1. The molecule has 5 heteroatoms. The van der Waals surface area contributed by atoms with Crippen LogP contribution in [0.2, 0.25) is 0 Å². The zero-order chi connectivity index (χ0) is 12.0. The first kappa shape index (κ1) is 13.6. The van der Waals surface area contributed by atoms with Crippen LogP contribution in [0.4, 0.5) is 0 Å². The third-order valence-corrected chi connectivity index (χ3v) is 3.92. The van der Waals surface area contributed by atoms with Crippen molar-refractivity contribution in [3.8, 4) is 0 Å². The molecule has 0 spiro atoms. The van der Waals surface area contributed by atoms with Crippen LogP contribution in [0.15, 0.2) is 0 Å². The van der Waals surface area contributed by atoms with Gasteiger partial charge in [0.25, 0.3) is 0 Å². The van der Waals surface area contributed by atoms with Crippen LogP contribution in [0.1, 0.15) is 38.5 Å². The average Bonchev–Trinajstić information content (AvgIpc) is 2.43. The van der Waals surface area contributed by atoms with Gasteiger partial charge in [0.15, 0.2) is 0 Å². The Balaban J connectivity index is 2.28. The zero-order valence-electron chi connectivity index (χ0n) is 9.87. The highest BCUT2D eigenvalue weighted by atomic mass is 32.2. The van der Waals surface area contributed by atoms with E-state index in [2.05, 4.69) is 5.32 Å². The van der Waals surface area contributed by atoms with Gasteiger partial charge in [0.1, 0.15) is 15.6 Å². The minimum absolute atomic E-state index is 0.0398. The lowest BCUT2D eigenvalue weighted by molar-refractivity contribution is -0.121. The quantitative estimate of drug-likeness (QED) is 0.784. The number of carbonyl (C=O) groups excluding carboxylic acids is 1. The maximum Gasteiger partial charge on any atom is 0.149 e. The van der Waals surface area contributed by atoms with Crippen molar-refractivity contribution >= 4 is 15.6 Å². The standard InChI is InChI=1S/C11H21NO3S/c1-16(14,15)9-5-7-11(13)10-6-3-2-4-8-12-10/h10,12H,2-9H2,1H3. The summed E-state index contributed by atoms with van der Waals surface area (Å²) in [5.74, 6) is 0.288. The number of sulfone groups is 1. The number of Topliss-reactive ketones (excluding diaryl/α,β-unsaturated/α-hetero) is 1. The first-order valence-electron chi connectivity index (χ1n) is 5.93. The lowest BCUT2D eigenvalue weighted by Gasteiger charge is -2.13. The molecule has 0 aromatic rings. The molecule has 16 heavy (non-hydrogen) atoms.